The minimum atomic E-state index is -0.613. The van der Waals surface area contributed by atoms with Gasteiger partial charge in [0.15, 0.2) is 0 Å². The number of hydrogen-bond donors (Lipinski definition) is 0. The molecule has 0 bridgehead atoms. The normalized spacial score (nSPS) is 16.7. The molecule has 2 aliphatic rings. The fourth-order valence-electron chi connectivity index (χ4n) is 6.13. The van der Waals surface area contributed by atoms with Crippen molar-refractivity contribution in [3.8, 4) is 11.5 Å². The summed E-state index contributed by atoms with van der Waals surface area (Å²) in [6, 6.07) is 9.43. The number of nitrogens with zero attached hydrogens (tertiary/aromatic N) is 2. The molecule has 2 aromatic rings. The number of non-ortho nitro benzene ring substituents is 1. The van der Waals surface area contributed by atoms with Crippen LogP contribution in [0, 0.1) is 10.1 Å². The summed E-state index contributed by atoms with van der Waals surface area (Å²) >= 11 is -0.0158. The number of anilines is 1. The van der Waals surface area contributed by atoms with Crippen molar-refractivity contribution in [1.29, 1.82) is 0 Å². The molecule has 6 nitrogen and oxygen atoms in total. The van der Waals surface area contributed by atoms with Crippen molar-refractivity contribution < 1.29 is 14.4 Å². The second kappa shape index (κ2) is 16.9. The molecule has 0 saturated carbocycles. The van der Waals surface area contributed by atoms with Crippen molar-refractivity contribution in [3.05, 3.63) is 64.2 Å². The zero-order valence-corrected chi connectivity index (χ0v) is 28.0. The number of hydrogen-bond acceptors (Lipinski definition) is 5. The third-order valence-electron chi connectivity index (χ3n) is 8.61. The number of ether oxygens (including phenoxy) is 2. The summed E-state index contributed by atoms with van der Waals surface area (Å²) in [5.41, 5.74) is 2.59. The van der Waals surface area contributed by atoms with E-state index in [1.54, 1.807) is 25.3 Å². The summed E-state index contributed by atoms with van der Waals surface area (Å²) in [5, 5.41) is 11.5. The van der Waals surface area contributed by atoms with Crippen LogP contribution in [-0.4, -0.2) is 38.2 Å². The Morgan fingerprint density at radius 2 is 1.53 bits per heavy atom. The number of nitro groups is 1. The third kappa shape index (κ3) is 8.89. The van der Waals surface area contributed by atoms with E-state index in [2.05, 4.69) is 36.6 Å². The van der Waals surface area contributed by atoms with Crippen LogP contribution in [0.3, 0.4) is 0 Å². The number of nitro benzene ring substituents is 1. The molecule has 0 amide bonds. The Balaban J connectivity index is 1.26. The van der Waals surface area contributed by atoms with Crippen molar-refractivity contribution >= 4 is 42.9 Å². The Morgan fingerprint density at radius 1 is 0.930 bits per heavy atom. The minimum Gasteiger partial charge on any atom is -0.0654 e. The first-order valence-electron chi connectivity index (χ1n) is 16.5. The molecule has 2 aromatic carbocycles. The predicted octanol–water partition coefficient (Wildman–Crippen LogP) is 9.42. The van der Waals surface area contributed by atoms with E-state index in [4.69, 9.17) is 9.47 Å². The number of benzene rings is 2. The summed E-state index contributed by atoms with van der Waals surface area (Å²) in [7, 11) is 1.70. The van der Waals surface area contributed by atoms with E-state index < -0.39 is 4.62 Å². The van der Waals surface area contributed by atoms with Gasteiger partial charge in [-0.1, -0.05) is 51.9 Å². The fourth-order valence-corrected chi connectivity index (χ4v) is 8.83. The van der Waals surface area contributed by atoms with Gasteiger partial charge in [0.2, 0.25) is 0 Å². The zero-order valence-electron chi connectivity index (χ0n) is 26.3. The molecule has 0 aliphatic carbocycles. The Kier molecular flexibility index (Phi) is 13.0. The average molecular weight is 654 g/mol. The van der Waals surface area contributed by atoms with Crippen LogP contribution in [0.2, 0.25) is 0 Å². The Morgan fingerprint density at radius 3 is 2.09 bits per heavy atom. The number of rotatable bonds is 20. The van der Waals surface area contributed by atoms with E-state index in [1.165, 1.54) is 101 Å². The standard InChI is InChI=1S/C36H50N2O4Se/c1-4-6-7-8-9-10-11-12-13-14-15-16-17-18-19-20-25-37-33-28-32(41-3)21-22-34(33)43-36(37)24-23-30-27-31(38(39)40)26-29(5-2)35(30)42-36/h5,21-24,26-28H,2,4,6-20,25H2,1,3H3. The first-order valence-corrected chi connectivity index (χ1v) is 18.2. The van der Waals surface area contributed by atoms with Gasteiger partial charge in [-0.3, -0.25) is 0 Å². The third-order valence-corrected chi connectivity index (χ3v) is 11.3. The molecular weight excluding hydrogens is 603 g/mol. The first kappa shape index (κ1) is 33.1. The Labute approximate surface area is 265 Å². The number of fused-ring (bicyclic) bond motifs is 2. The maximum absolute atomic E-state index is 11.5. The molecule has 1 atom stereocenters. The number of unbranched alkanes of at least 4 members (excludes halogenated alkanes) is 15. The summed E-state index contributed by atoms with van der Waals surface area (Å²) in [6.45, 7) is 7.08. The summed E-state index contributed by atoms with van der Waals surface area (Å²) < 4.78 is 13.1. The molecule has 1 spiro atoms. The monoisotopic (exact) mass is 654 g/mol. The molecule has 0 saturated heterocycles. The SMILES string of the molecule is C=Cc1cc([N+](=O)[O-])cc2c1OC1(C=C2)[Se]c2ccc(OC)cc2N1CCCCCCCCCCCCCCCCCC. The van der Waals surface area contributed by atoms with Gasteiger partial charge in [-0.05, 0) is 0 Å². The van der Waals surface area contributed by atoms with Gasteiger partial charge in [-0.2, -0.15) is 0 Å². The van der Waals surface area contributed by atoms with E-state index in [-0.39, 0.29) is 25.6 Å². The van der Waals surface area contributed by atoms with E-state index in [9.17, 15) is 10.1 Å². The van der Waals surface area contributed by atoms with Crippen LogP contribution < -0.4 is 18.8 Å². The average Bonchev–Trinajstić information content (AvgIpc) is 3.31. The van der Waals surface area contributed by atoms with Gasteiger partial charge in [0.05, 0.1) is 0 Å². The second-order valence-corrected chi connectivity index (χ2v) is 14.4. The molecule has 0 fully saturated rings. The molecule has 0 radical (unpaired) electrons. The van der Waals surface area contributed by atoms with Gasteiger partial charge in [0.1, 0.15) is 0 Å². The summed E-state index contributed by atoms with van der Waals surface area (Å²) in [6.07, 6.45) is 27.3. The van der Waals surface area contributed by atoms with E-state index >= 15 is 0 Å². The molecule has 4 rings (SSSR count). The van der Waals surface area contributed by atoms with E-state index in [1.807, 2.05) is 12.1 Å². The van der Waals surface area contributed by atoms with Gasteiger partial charge in [0.25, 0.3) is 0 Å². The van der Waals surface area contributed by atoms with Gasteiger partial charge in [-0.25, -0.2) is 0 Å². The van der Waals surface area contributed by atoms with Crippen LogP contribution in [0.5, 0.6) is 11.5 Å². The van der Waals surface area contributed by atoms with Gasteiger partial charge in [-0.15, -0.1) is 0 Å². The van der Waals surface area contributed by atoms with E-state index in [0.29, 0.717) is 11.3 Å². The number of methoxy groups -OCH3 is 1. The molecule has 2 aliphatic heterocycles. The van der Waals surface area contributed by atoms with E-state index in [0.717, 1.165) is 30.0 Å². The van der Waals surface area contributed by atoms with Crippen LogP contribution in [0.1, 0.15) is 121 Å². The summed E-state index contributed by atoms with van der Waals surface area (Å²) in [5.74, 6) is 1.51. The molecule has 234 valence electrons. The van der Waals surface area contributed by atoms with Crippen LogP contribution in [0.25, 0.3) is 12.2 Å². The van der Waals surface area contributed by atoms with Crippen LogP contribution in [0.4, 0.5) is 11.4 Å². The fraction of sp³-hybridized carbons (Fsp3) is 0.556. The van der Waals surface area contributed by atoms with Crippen molar-refractivity contribution in [2.75, 3.05) is 18.6 Å². The smallest absolute Gasteiger partial charge is 0.0654 e. The molecule has 2 heterocycles. The molecule has 0 aromatic heterocycles. The van der Waals surface area contributed by atoms with Crippen LogP contribution in [0.15, 0.2) is 43.0 Å². The molecule has 43 heavy (non-hydrogen) atoms. The molecule has 1 unspecified atom stereocenters. The Hall–Kier alpha value is -2.76. The predicted molar refractivity (Wildman–Crippen MR) is 181 cm³/mol. The zero-order chi connectivity index (χ0) is 30.5. The molecular formula is C36H50N2O4Se. The van der Waals surface area contributed by atoms with Crippen LogP contribution >= 0.6 is 0 Å². The molecule has 0 N–H and O–H groups in total. The quantitative estimate of drug-likeness (QED) is 0.0617. The van der Waals surface area contributed by atoms with Crippen molar-refractivity contribution in [2.45, 2.75) is 114 Å². The van der Waals surface area contributed by atoms with Crippen molar-refractivity contribution in [1.82, 2.24) is 0 Å². The van der Waals surface area contributed by atoms with Crippen molar-refractivity contribution in [2.24, 2.45) is 0 Å². The van der Waals surface area contributed by atoms with Crippen molar-refractivity contribution in [3.63, 3.8) is 0 Å². The first-order chi connectivity index (χ1) is 21.0. The minimum absolute atomic E-state index is 0.0158. The second-order valence-electron chi connectivity index (χ2n) is 11.9. The Bertz CT molecular complexity index is 1250. The topological polar surface area (TPSA) is 64.8 Å². The van der Waals surface area contributed by atoms with Gasteiger partial charge in [0, 0.05) is 0 Å². The maximum atomic E-state index is 11.5. The molecule has 7 heteroatoms. The van der Waals surface area contributed by atoms with Gasteiger partial charge < -0.3 is 0 Å². The van der Waals surface area contributed by atoms with Gasteiger partial charge >= 0.3 is 214 Å². The van der Waals surface area contributed by atoms with Crippen LogP contribution in [-0.2, 0) is 0 Å². The summed E-state index contributed by atoms with van der Waals surface area (Å²) in [4.78, 5) is 13.5.